The van der Waals surface area contributed by atoms with Crippen LogP contribution < -0.4 is 4.74 Å². The van der Waals surface area contributed by atoms with Crippen molar-refractivity contribution in [2.45, 2.75) is 42.9 Å². The van der Waals surface area contributed by atoms with Crippen molar-refractivity contribution in [2.24, 2.45) is 5.41 Å². The molecule has 0 spiro atoms. The molecule has 36 heavy (non-hydrogen) atoms. The van der Waals surface area contributed by atoms with Crippen molar-refractivity contribution >= 4 is 27.7 Å². The molecule has 2 aromatic carbocycles. The standard InChI is InChI=1S/C25H27FO9S/c1-4-32-22(27)25(23(28)33-5-2,24(29)34-6-3)20-12-13-35-21-15-18(10-11-19(20)21)36(30,31)17-9-7-8-16(26)14-17/h7-11,14-15,20H,4-6,12-13H2,1-3H3. The highest BCUT2D eigenvalue weighted by molar-refractivity contribution is 7.91. The van der Waals surface area contributed by atoms with Crippen LogP contribution in [0.5, 0.6) is 5.75 Å². The predicted octanol–water partition coefficient (Wildman–Crippen LogP) is 3.20. The van der Waals surface area contributed by atoms with E-state index >= 15 is 0 Å². The van der Waals surface area contributed by atoms with Gasteiger partial charge in [0, 0.05) is 5.92 Å². The van der Waals surface area contributed by atoms with Gasteiger partial charge in [0.05, 0.1) is 36.2 Å². The Labute approximate surface area is 208 Å². The fraction of sp³-hybridized carbons (Fsp3) is 0.400. The van der Waals surface area contributed by atoms with Gasteiger partial charge in [0.25, 0.3) is 5.41 Å². The quantitative estimate of drug-likeness (QED) is 0.278. The highest BCUT2D eigenvalue weighted by atomic mass is 32.2. The van der Waals surface area contributed by atoms with Crippen molar-refractivity contribution < 1.29 is 46.1 Å². The zero-order chi connectivity index (χ0) is 26.5. The number of ether oxygens (including phenoxy) is 4. The lowest BCUT2D eigenvalue weighted by Gasteiger charge is -2.37. The molecule has 0 radical (unpaired) electrons. The van der Waals surface area contributed by atoms with E-state index in [1.807, 2.05) is 0 Å². The fourth-order valence-electron chi connectivity index (χ4n) is 4.17. The predicted molar refractivity (Wildman–Crippen MR) is 123 cm³/mol. The molecule has 0 fully saturated rings. The lowest BCUT2D eigenvalue weighted by atomic mass is 9.69. The van der Waals surface area contributed by atoms with E-state index in [1.165, 1.54) is 51.1 Å². The molecule has 0 saturated heterocycles. The Morgan fingerprint density at radius 2 is 1.47 bits per heavy atom. The summed E-state index contributed by atoms with van der Waals surface area (Å²) in [5.74, 6) is -5.17. The number of carbonyl (C=O) groups is 3. The molecule has 0 saturated carbocycles. The highest BCUT2D eigenvalue weighted by Gasteiger charge is 2.63. The molecule has 0 aliphatic carbocycles. The molecule has 0 amide bonds. The summed E-state index contributed by atoms with van der Waals surface area (Å²) in [6.07, 6.45) is 0.0411. The average Bonchev–Trinajstić information content (AvgIpc) is 2.85. The van der Waals surface area contributed by atoms with Crippen LogP contribution in [-0.2, 0) is 38.4 Å². The number of hydrogen-bond acceptors (Lipinski definition) is 9. The molecule has 1 aliphatic rings. The summed E-state index contributed by atoms with van der Waals surface area (Å²) < 4.78 is 60.9. The first-order valence-electron chi connectivity index (χ1n) is 11.4. The van der Waals surface area contributed by atoms with Crippen LogP contribution in [0.4, 0.5) is 4.39 Å². The summed E-state index contributed by atoms with van der Waals surface area (Å²) in [4.78, 5) is 39.3. The third kappa shape index (κ3) is 4.79. The minimum absolute atomic E-state index is 0.0406. The van der Waals surface area contributed by atoms with Crippen molar-refractivity contribution in [3.8, 4) is 5.75 Å². The van der Waals surface area contributed by atoms with Gasteiger partial charge in [0.15, 0.2) is 0 Å². The maximum absolute atomic E-state index is 13.7. The Balaban J connectivity index is 2.18. The van der Waals surface area contributed by atoms with Gasteiger partial charge in [0.1, 0.15) is 11.6 Å². The molecular weight excluding hydrogens is 495 g/mol. The lowest BCUT2D eigenvalue weighted by Crippen LogP contribution is -2.54. The second-order valence-electron chi connectivity index (χ2n) is 7.82. The Hall–Kier alpha value is -3.47. The zero-order valence-electron chi connectivity index (χ0n) is 20.1. The molecule has 1 heterocycles. The van der Waals surface area contributed by atoms with Crippen LogP contribution in [0.1, 0.15) is 38.7 Å². The number of carbonyl (C=O) groups excluding carboxylic acids is 3. The van der Waals surface area contributed by atoms with Gasteiger partial charge in [-0.2, -0.15) is 0 Å². The van der Waals surface area contributed by atoms with E-state index in [-0.39, 0.29) is 54.0 Å². The Kier molecular flexibility index (Phi) is 8.34. The number of hydrogen-bond donors (Lipinski definition) is 0. The van der Waals surface area contributed by atoms with Crippen LogP contribution in [0.25, 0.3) is 0 Å². The highest BCUT2D eigenvalue weighted by Crippen LogP contribution is 2.48. The SMILES string of the molecule is CCOC(=O)C(C(=O)OCC)(C(=O)OCC)C1CCOc2cc(S(=O)(=O)c3cccc(F)c3)ccc21. The third-order valence-electron chi connectivity index (χ3n) is 5.76. The minimum atomic E-state index is -4.12. The monoisotopic (exact) mass is 522 g/mol. The largest absolute Gasteiger partial charge is 0.493 e. The van der Waals surface area contributed by atoms with E-state index in [4.69, 9.17) is 18.9 Å². The van der Waals surface area contributed by atoms with Crippen molar-refractivity contribution in [3.63, 3.8) is 0 Å². The normalized spacial score (nSPS) is 15.3. The van der Waals surface area contributed by atoms with Crippen molar-refractivity contribution in [1.29, 1.82) is 0 Å². The van der Waals surface area contributed by atoms with Gasteiger partial charge in [-0.3, -0.25) is 14.4 Å². The second kappa shape index (κ2) is 11.1. The van der Waals surface area contributed by atoms with Crippen LogP contribution in [0.3, 0.4) is 0 Å². The van der Waals surface area contributed by atoms with Crippen LogP contribution in [0.2, 0.25) is 0 Å². The van der Waals surface area contributed by atoms with E-state index in [0.29, 0.717) is 0 Å². The Morgan fingerprint density at radius 3 is 2.00 bits per heavy atom. The maximum Gasteiger partial charge on any atom is 0.335 e. The van der Waals surface area contributed by atoms with Gasteiger partial charge in [0.2, 0.25) is 9.84 Å². The van der Waals surface area contributed by atoms with Gasteiger partial charge in [-0.25, -0.2) is 12.8 Å². The van der Waals surface area contributed by atoms with Crippen molar-refractivity contribution in [1.82, 2.24) is 0 Å². The van der Waals surface area contributed by atoms with E-state index < -0.39 is 44.9 Å². The molecule has 0 N–H and O–H groups in total. The van der Waals surface area contributed by atoms with Crippen LogP contribution >= 0.6 is 0 Å². The molecule has 3 rings (SSSR count). The summed E-state index contributed by atoms with van der Waals surface area (Å²) in [6, 6.07) is 8.37. The van der Waals surface area contributed by atoms with E-state index in [9.17, 15) is 27.2 Å². The number of rotatable bonds is 9. The van der Waals surface area contributed by atoms with E-state index in [0.717, 1.165) is 12.1 Å². The number of fused-ring (bicyclic) bond motifs is 1. The lowest BCUT2D eigenvalue weighted by molar-refractivity contribution is -0.186. The Morgan fingerprint density at radius 1 is 0.917 bits per heavy atom. The smallest absolute Gasteiger partial charge is 0.335 e. The van der Waals surface area contributed by atoms with Crippen LogP contribution in [0.15, 0.2) is 52.3 Å². The summed E-state index contributed by atoms with van der Waals surface area (Å²) in [7, 11) is -4.12. The number of benzene rings is 2. The maximum atomic E-state index is 13.7. The van der Waals surface area contributed by atoms with E-state index in [1.54, 1.807) is 0 Å². The molecule has 194 valence electrons. The van der Waals surface area contributed by atoms with Crippen molar-refractivity contribution in [3.05, 3.63) is 53.8 Å². The van der Waals surface area contributed by atoms with Gasteiger partial charge in [-0.05, 0) is 63.1 Å². The van der Waals surface area contributed by atoms with Crippen LogP contribution in [-0.4, -0.2) is 52.8 Å². The van der Waals surface area contributed by atoms with Crippen LogP contribution in [0, 0.1) is 11.2 Å². The first-order chi connectivity index (χ1) is 17.1. The molecule has 1 unspecified atom stereocenters. The zero-order valence-corrected chi connectivity index (χ0v) is 20.9. The number of esters is 3. The number of sulfone groups is 1. The van der Waals surface area contributed by atoms with E-state index in [2.05, 4.69) is 0 Å². The second-order valence-corrected chi connectivity index (χ2v) is 9.77. The molecule has 2 aromatic rings. The molecule has 0 aromatic heterocycles. The Bertz CT molecular complexity index is 1210. The topological polar surface area (TPSA) is 122 Å². The fourth-order valence-corrected chi connectivity index (χ4v) is 5.48. The first kappa shape index (κ1) is 27.1. The molecule has 9 nitrogen and oxygen atoms in total. The molecule has 0 bridgehead atoms. The average molecular weight is 523 g/mol. The first-order valence-corrected chi connectivity index (χ1v) is 12.9. The summed E-state index contributed by atoms with van der Waals surface area (Å²) in [5, 5.41) is 0. The van der Waals surface area contributed by atoms with Gasteiger partial charge < -0.3 is 18.9 Å². The number of halogens is 1. The molecule has 1 atom stereocenters. The third-order valence-corrected chi connectivity index (χ3v) is 7.51. The van der Waals surface area contributed by atoms with Gasteiger partial charge in [-0.1, -0.05) is 12.1 Å². The summed E-state index contributed by atoms with van der Waals surface area (Å²) in [5.41, 5.74) is -2.25. The molecular formula is C25H27FO9S. The van der Waals surface area contributed by atoms with Gasteiger partial charge >= 0.3 is 17.9 Å². The van der Waals surface area contributed by atoms with Gasteiger partial charge in [-0.15, -0.1) is 0 Å². The molecule has 11 heteroatoms. The molecule has 1 aliphatic heterocycles. The summed E-state index contributed by atoms with van der Waals surface area (Å²) >= 11 is 0. The minimum Gasteiger partial charge on any atom is -0.493 e. The van der Waals surface area contributed by atoms with Crippen molar-refractivity contribution in [2.75, 3.05) is 26.4 Å². The summed E-state index contributed by atoms with van der Waals surface area (Å²) in [6.45, 7) is 4.21.